The summed E-state index contributed by atoms with van der Waals surface area (Å²) in [7, 11) is 0. The lowest BCUT2D eigenvalue weighted by atomic mass is 9.94. The minimum absolute atomic E-state index is 0.490. The van der Waals surface area contributed by atoms with Gasteiger partial charge in [-0.05, 0) is 35.6 Å². The highest BCUT2D eigenvalue weighted by Crippen LogP contribution is 2.32. The summed E-state index contributed by atoms with van der Waals surface area (Å²) in [6, 6.07) is 17.6. The largest absolute Gasteiger partial charge is 0.398 e. The minimum Gasteiger partial charge on any atom is -0.398 e. The van der Waals surface area contributed by atoms with E-state index in [-0.39, 0.29) is 0 Å². The van der Waals surface area contributed by atoms with Gasteiger partial charge in [-0.15, -0.1) is 0 Å². The quantitative estimate of drug-likeness (QED) is 0.857. The second-order valence-corrected chi connectivity index (χ2v) is 5.54. The van der Waals surface area contributed by atoms with Crippen molar-refractivity contribution in [3.8, 4) is 0 Å². The molecule has 2 heteroatoms. The van der Waals surface area contributed by atoms with Crippen LogP contribution in [0, 0.1) is 0 Å². The normalized spacial score (nSPS) is 16.6. The van der Waals surface area contributed by atoms with E-state index in [1.807, 2.05) is 6.07 Å². The van der Waals surface area contributed by atoms with Gasteiger partial charge < -0.3 is 5.73 Å². The number of fused-ring (bicyclic) bond motifs is 1. The van der Waals surface area contributed by atoms with Crippen LogP contribution in [0.4, 0.5) is 5.69 Å². The van der Waals surface area contributed by atoms with Crippen molar-refractivity contribution in [3.63, 3.8) is 0 Å². The Labute approximate surface area is 121 Å². The van der Waals surface area contributed by atoms with E-state index in [2.05, 4.69) is 54.3 Å². The molecule has 2 nitrogen and oxygen atoms in total. The molecular formula is C18H22N2. The number of nitrogens with zero attached hydrogens (tertiary/aromatic N) is 1. The molecule has 1 atom stereocenters. The first-order chi connectivity index (χ1) is 9.79. The van der Waals surface area contributed by atoms with E-state index in [4.69, 9.17) is 5.73 Å². The fourth-order valence-electron chi connectivity index (χ4n) is 3.27. The Balaban J connectivity index is 1.87. The van der Waals surface area contributed by atoms with Crippen molar-refractivity contribution in [3.05, 3.63) is 65.2 Å². The Hall–Kier alpha value is -1.80. The molecule has 1 aliphatic heterocycles. The van der Waals surface area contributed by atoms with Gasteiger partial charge in [-0.3, -0.25) is 4.90 Å². The number of anilines is 1. The van der Waals surface area contributed by atoms with Gasteiger partial charge in [0.05, 0.1) is 0 Å². The minimum atomic E-state index is 0.490. The molecule has 1 aliphatic rings. The van der Waals surface area contributed by atoms with Crippen molar-refractivity contribution in [1.82, 2.24) is 4.90 Å². The highest BCUT2D eigenvalue weighted by atomic mass is 15.2. The Morgan fingerprint density at radius 1 is 1.10 bits per heavy atom. The fraction of sp³-hybridized carbons (Fsp3) is 0.333. The van der Waals surface area contributed by atoms with Crippen LogP contribution in [0.3, 0.4) is 0 Å². The Morgan fingerprint density at radius 3 is 2.65 bits per heavy atom. The van der Waals surface area contributed by atoms with E-state index in [1.54, 1.807) is 0 Å². The Morgan fingerprint density at radius 2 is 1.90 bits per heavy atom. The molecular weight excluding hydrogens is 244 g/mol. The summed E-state index contributed by atoms with van der Waals surface area (Å²) in [5, 5.41) is 0. The molecule has 20 heavy (non-hydrogen) atoms. The summed E-state index contributed by atoms with van der Waals surface area (Å²) in [6.45, 7) is 4.35. The second-order valence-electron chi connectivity index (χ2n) is 5.54. The van der Waals surface area contributed by atoms with Gasteiger partial charge in [-0.2, -0.15) is 0 Å². The van der Waals surface area contributed by atoms with E-state index in [1.165, 1.54) is 16.7 Å². The maximum Gasteiger partial charge on any atom is 0.0362 e. The number of rotatable bonds is 3. The summed E-state index contributed by atoms with van der Waals surface area (Å²) in [5.41, 5.74) is 11.3. The third-order valence-electron chi connectivity index (χ3n) is 4.35. The predicted octanol–water partition coefficient (Wildman–Crippen LogP) is 3.78. The molecule has 0 radical (unpaired) electrons. The molecule has 1 unspecified atom stereocenters. The highest BCUT2D eigenvalue weighted by Gasteiger charge is 2.24. The summed E-state index contributed by atoms with van der Waals surface area (Å²) in [6.07, 6.45) is 2.23. The number of nitrogens with two attached hydrogens (primary N) is 1. The molecule has 0 bridgehead atoms. The van der Waals surface area contributed by atoms with Gasteiger partial charge in [0.2, 0.25) is 0 Å². The standard InChI is InChI=1S/C18H22N2/c1-2-18(15-7-4-3-5-8-15)20-12-11-14-9-6-10-17(19)16(14)13-20/h3-10,18H,2,11-13,19H2,1H3. The molecule has 0 spiro atoms. The van der Waals surface area contributed by atoms with Crippen LogP contribution in [-0.2, 0) is 13.0 Å². The Bertz CT molecular complexity index is 577. The van der Waals surface area contributed by atoms with Gasteiger partial charge in [0.15, 0.2) is 0 Å². The van der Waals surface area contributed by atoms with Gasteiger partial charge in [0.25, 0.3) is 0 Å². The molecule has 0 saturated carbocycles. The smallest absolute Gasteiger partial charge is 0.0362 e. The Kier molecular flexibility index (Phi) is 3.75. The first kappa shape index (κ1) is 13.2. The molecule has 0 saturated heterocycles. The third kappa shape index (κ3) is 2.44. The van der Waals surface area contributed by atoms with Crippen molar-refractivity contribution in [2.45, 2.75) is 32.4 Å². The average Bonchev–Trinajstić information content (AvgIpc) is 2.50. The van der Waals surface area contributed by atoms with Crippen LogP contribution < -0.4 is 5.73 Å². The molecule has 2 N–H and O–H groups in total. The van der Waals surface area contributed by atoms with Gasteiger partial charge in [-0.25, -0.2) is 0 Å². The zero-order valence-corrected chi connectivity index (χ0v) is 12.0. The van der Waals surface area contributed by atoms with Crippen LogP contribution in [0.25, 0.3) is 0 Å². The lowest BCUT2D eigenvalue weighted by Crippen LogP contribution is -2.34. The molecule has 0 amide bonds. The summed E-state index contributed by atoms with van der Waals surface area (Å²) < 4.78 is 0. The topological polar surface area (TPSA) is 29.3 Å². The molecule has 104 valence electrons. The number of hydrogen-bond donors (Lipinski definition) is 1. The fourth-order valence-corrected chi connectivity index (χ4v) is 3.27. The van der Waals surface area contributed by atoms with E-state index >= 15 is 0 Å². The summed E-state index contributed by atoms with van der Waals surface area (Å²) in [4.78, 5) is 2.56. The van der Waals surface area contributed by atoms with Crippen molar-refractivity contribution in [2.24, 2.45) is 0 Å². The SMILES string of the molecule is CCC(c1ccccc1)N1CCc2cccc(N)c2C1. The first-order valence-electron chi connectivity index (χ1n) is 7.45. The number of hydrogen-bond acceptors (Lipinski definition) is 2. The van der Waals surface area contributed by atoms with E-state index in [0.29, 0.717) is 6.04 Å². The van der Waals surface area contributed by atoms with Crippen molar-refractivity contribution in [2.75, 3.05) is 12.3 Å². The lowest BCUT2D eigenvalue weighted by Gasteiger charge is -2.36. The lowest BCUT2D eigenvalue weighted by molar-refractivity contribution is 0.175. The first-order valence-corrected chi connectivity index (χ1v) is 7.45. The van der Waals surface area contributed by atoms with Crippen molar-refractivity contribution < 1.29 is 0 Å². The second kappa shape index (κ2) is 5.68. The number of nitrogen functional groups attached to an aromatic ring is 1. The van der Waals surface area contributed by atoms with Crippen molar-refractivity contribution >= 4 is 5.69 Å². The molecule has 2 aromatic carbocycles. The van der Waals surface area contributed by atoms with Crippen LogP contribution in [-0.4, -0.2) is 11.4 Å². The molecule has 0 aromatic heterocycles. The summed E-state index contributed by atoms with van der Waals surface area (Å²) >= 11 is 0. The van der Waals surface area contributed by atoms with E-state index in [9.17, 15) is 0 Å². The van der Waals surface area contributed by atoms with Crippen molar-refractivity contribution in [1.29, 1.82) is 0 Å². The van der Waals surface area contributed by atoms with Crippen LogP contribution in [0.2, 0.25) is 0 Å². The van der Waals surface area contributed by atoms with Crippen LogP contribution in [0.15, 0.2) is 48.5 Å². The molecule has 1 heterocycles. The maximum absolute atomic E-state index is 6.16. The van der Waals surface area contributed by atoms with Gasteiger partial charge in [-0.1, -0.05) is 49.4 Å². The molecule has 3 rings (SSSR count). The van der Waals surface area contributed by atoms with E-state index < -0.39 is 0 Å². The maximum atomic E-state index is 6.16. The summed E-state index contributed by atoms with van der Waals surface area (Å²) in [5.74, 6) is 0. The zero-order chi connectivity index (χ0) is 13.9. The molecule has 2 aromatic rings. The van der Waals surface area contributed by atoms with Crippen LogP contribution in [0.1, 0.15) is 36.1 Å². The third-order valence-corrected chi connectivity index (χ3v) is 4.35. The monoisotopic (exact) mass is 266 g/mol. The van der Waals surface area contributed by atoms with Gasteiger partial charge in [0.1, 0.15) is 0 Å². The van der Waals surface area contributed by atoms with Crippen LogP contribution >= 0.6 is 0 Å². The average molecular weight is 266 g/mol. The predicted molar refractivity (Wildman–Crippen MR) is 84.4 cm³/mol. The molecule has 0 aliphatic carbocycles. The van der Waals surface area contributed by atoms with E-state index in [0.717, 1.165) is 31.6 Å². The van der Waals surface area contributed by atoms with Crippen LogP contribution in [0.5, 0.6) is 0 Å². The number of benzene rings is 2. The zero-order valence-electron chi connectivity index (χ0n) is 12.0. The molecule has 0 fully saturated rings. The van der Waals surface area contributed by atoms with Gasteiger partial charge >= 0.3 is 0 Å². The van der Waals surface area contributed by atoms with Gasteiger partial charge in [0, 0.05) is 24.8 Å². The highest BCUT2D eigenvalue weighted by molar-refractivity contribution is 5.51.